The number of primary amides is 2. The predicted octanol–water partition coefficient (Wildman–Crippen LogP) is 4.47. The first-order chi connectivity index (χ1) is 44.3. The Balaban J connectivity index is 0.918. The van der Waals surface area contributed by atoms with Crippen LogP contribution in [0.5, 0.6) is 11.5 Å². The number of carbonyl (C=O) groups excluding carboxylic acids is 10. The minimum Gasteiger partial charge on any atom is -0.494 e. The zero-order chi connectivity index (χ0) is 67.5. The molecule has 0 spiro atoms. The van der Waals surface area contributed by atoms with Crippen molar-refractivity contribution in [3.63, 3.8) is 0 Å². The van der Waals surface area contributed by atoms with Crippen molar-refractivity contribution in [3.8, 4) is 11.5 Å². The van der Waals surface area contributed by atoms with E-state index in [2.05, 4.69) is 49.4 Å². The summed E-state index contributed by atoms with van der Waals surface area (Å²) in [5.41, 5.74) is 15.9. The number of nitrogens with zero attached hydrogens (tertiary/aromatic N) is 10. The Morgan fingerprint density at radius 1 is 0.742 bits per heavy atom. The van der Waals surface area contributed by atoms with Gasteiger partial charge in [0.2, 0.25) is 53.2 Å². The molecule has 8 rings (SSSR count). The first-order valence-electron chi connectivity index (χ1n) is 29.9. The maximum atomic E-state index is 14.0. The van der Waals surface area contributed by atoms with Crippen LogP contribution in [0.2, 0.25) is 0 Å². The Labute approximate surface area is 539 Å². The number of likely N-dealkylation sites (tertiary alicyclic amines) is 1. The van der Waals surface area contributed by atoms with E-state index in [4.69, 9.17) is 35.6 Å². The summed E-state index contributed by atoms with van der Waals surface area (Å²) < 4.78 is 24.2. The largest absolute Gasteiger partial charge is 0.494 e. The Bertz CT molecular complexity index is 4070. The van der Waals surface area contributed by atoms with Gasteiger partial charge in [-0.3, -0.25) is 68.0 Å². The molecule has 7 aromatic rings. The number of fused-ring (bicyclic) bond motifs is 2. The average molecular weight is 1300 g/mol. The van der Waals surface area contributed by atoms with E-state index in [1.165, 1.54) is 43.2 Å². The van der Waals surface area contributed by atoms with E-state index < -0.39 is 76.6 Å². The molecule has 1 saturated heterocycles. The Hall–Kier alpha value is -10.6. The lowest BCUT2D eigenvalue weighted by atomic mass is 10.0. The summed E-state index contributed by atoms with van der Waals surface area (Å²) in [6.07, 6.45) is 2.93. The van der Waals surface area contributed by atoms with Gasteiger partial charge in [0.05, 0.1) is 41.4 Å². The van der Waals surface area contributed by atoms with Crippen molar-refractivity contribution in [1.82, 2.24) is 59.1 Å². The number of imidazole rings is 2. The van der Waals surface area contributed by atoms with E-state index in [1.807, 2.05) is 13.8 Å². The van der Waals surface area contributed by atoms with Crippen LogP contribution in [0.1, 0.15) is 113 Å². The normalized spacial score (nSPS) is 13.8. The third kappa shape index (κ3) is 16.3. The van der Waals surface area contributed by atoms with E-state index in [0.29, 0.717) is 58.0 Å². The quantitative estimate of drug-likeness (QED) is 0.0139. The highest BCUT2D eigenvalue weighted by molar-refractivity contribution is 7.81. The monoisotopic (exact) mass is 1300 g/mol. The van der Waals surface area contributed by atoms with Gasteiger partial charge in [-0.25, -0.2) is 14.8 Å². The Morgan fingerprint density at radius 3 is 1.77 bits per heavy atom. The fourth-order valence-corrected chi connectivity index (χ4v) is 10.5. The molecule has 93 heavy (non-hydrogen) atoms. The summed E-state index contributed by atoms with van der Waals surface area (Å²) in [5.74, 6) is -4.83. The molecule has 3 atom stereocenters. The minimum absolute atomic E-state index is 0.0155. The lowest BCUT2D eigenvalue weighted by Crippen LogP contribution is -2.54. The summed E-state index contributed by atoms with van der Waals surface area (Å²) in [6, 6.07) is 13.7. The molecule has 492 valence electrons. The van der Waals surface area contributed by atoms with Crippen LogP contribution in [0, 0.1) is 19.8 Å². The minimum atomic E-state index is -1.02. The lowest BCUT2D eigenvalue weighted by Gasteiger charge is -2.24. The van der Waals surface area contributed by atoms with Crippen molar-refractivity contribution >= 4 is 112 Å². The molecule has 4 aromatic heterocycles. The van der Waals surface area contributed by atoms with Crippen molar-refractivity contribution in [1.29, 1.82) is 0 Å². The van der Waals surface area contributed by atoms with Crippen molar-refractivity contribution in [2.75, 3.05) is 49.8 Å². The van der Waals surface area contributed by atoms with Gasteiger partial charge in [0, 0.05) is 76.0 Å². The molecule has 1 aliphatic heterocycles. The van der Waals surface area contributed by atoms with Crippen LogP contribution >= 0.6 is 12.6 Å². The molecule has 3 aromatic carbocycles. The van der Waals surface area contributed by atoms with Crippen LogP contribution < -0.4 is 47.5 Å². The number of rotatable bonds is 29. The van der Waals surface area contributed by atoms with Crippen molar-refractivity contribution in [2.24, 2.45) is 17.4 Å². The number of ether oxygens (including phenoxy) is 3. The standard InChI is InChI=1S/C62H75N17O13S/c1-10-78-43(25-34(5)72-78)56(85)70-60-67-41-27-38(53(63)82)29-45(90-9)51(41)76(60)21-12-13-22-77-52-42(68-61(77)71-57(86)44-26-35(6)73-79(44)11-2)28-39(54(64)83)30-46(52)91-24-14-20-74(8)62(89)92-32-37-15-17-40(18-16-37)66-55(84)36(7)65-58(87)50(33(3)4)69-48(80)19-23-75-49(81)31-47(93)59(75)88/h12-13,15-18,25-30,33,36,47,50,93H,10-11,14,19-24,31-32H2,1-9H3,(H2,63,82)(H2,64,83)(H,65,87)(H,66,84)(H,69,80)(H,67,70,85)(H,68,71,86)/b13-12+/t36-,47?,50-/m0/s1. The van der Waals surface area contributed by atoms with Crippen molar-refractivity contribution < 1.29 is 62.2 Å². The van der Waals surface area contributed by atoms with Gasteiger partial charge in [0.25, 0.3) is 11.8 Å². The number of nitrogens with two attached hydrogens (primary N) is 2. The highest BCUT2D eigenvalue weighted by Gasteiger charge is 2.37. The van der Waals surface area contributed by atoms with Gasteiger partial charge in [-0.05, 0) is 101 Å². The highest BCUT2D eigenvalue weighted by atomic mass is 32.1. The molecule has 0 radical (unpaired) electrons. The zero-order valence-corrected chi connectivity index (χ0v) is 53.8. The molecule has 1 unspecified atom stereocenters. The number of aromatic nitrogens is 8. The fourth-order valence-electron chi connectivity index (χ4n) is 10.2. The second-order valence-electron chi connectivity index (χ2n) is 22.3. The molecule has 10 amide bonds. The molecule has 0 bridgehead atoms. The van der Waals surface area contributed by atoms with Gasteiger partial charge in [0.15, 0.2) is 0 Å². The van der Waals surface area contributed by atoms with Gasteiger partial charge in [0.1, 0.15) is 52.6 Å². The van der Waals surface area contributed by atoms with Gasteiger partial charge >= 0.3 is 6.09 Å². The number of anilines is 3. The van der Waals surface area contributed by atoms with E-state index in [0.717, 1.165) is 4.90 Å². The van der Waals surface area contributed by atoms with Gasteiger partial charge in [-0.1, -0.05) is 38.1 Å². The number of benzene rings is 3. The molecule has 5 heterocycles. The first-order valence-corrected chi connectivity index (χ1v) is 30.4. The second-order valence-corrected chi connectivity index (χ2v) is 22.9. The molecule has 30 nitrogen and oxygen atoms in total. The smallest absolute Gasteiger partial charge is 0.409 e. The maximum absolute atomic E-state index is 14.0. The van der Waals surface area contributed by atoms with Gasteiger partial charge < -0.3 is 55.7 Å². The number of hydrogen-bond donors (Lipinski definition) is 8. The van der Waals surface area contributed by atoms with Crippen LogP contribution in [-0.4, -0.2) is 159 Å². The number of methoxy groups -OCH3 is 1. The molecule has 1 fully saturated rings. The number of nitrogens with one attached hydrogen (secondary N) is 5. The molecule has 31 heteroatoms. The third-order valence-electron chi connectivity index (χ3n) is 15.1. The summed E-state index contributed by atoms with van der Waals surface area (Å²) >= 11 is 4.09. The Kier molecular flexibility index (Phi) is 22.1. The number of imide groups is 1. The summed E-state index contributed by atoms with van der Waals surface area (Å²) in [7, 11) is 2.98. The fraction of sp³-hybridized carbons (Fsp3) is 0.387. The first kappa shape index (κ1) is 68.3. The SMILES string of the molecule is CCn1nc(C)cc1C(=O)Nc1nc2cc(C(N)=O)cc(OC)c2n1C/C=C/Cn1c(NC(=O)c2cc(C)nn2CC)nc2cc(C(N)=O)cc(OCCCN(C)C(=O)OCc3ccc(NC(=O)[C@H](C)NC(=O)[C@@H](NC(=O)CCN4C(=O)CC(S)C4=O)C(C)C)cc3)c21. The van der Waals surface area contributed by atoms with Crippen LogP contribution in [0.3, 0.4) is 0 Å². The van der Waals surface area contributed by atoms with E-state index in [-0.39, 0.29) is 110 Å². The number of carbonyl (C=O) groups is 10. The van der Waals surface area contributed by atoms with Gasteiger partial charge in [-0.15, -0.1) is 0 Å². The summed E-state index contributed by atoms with van der Waals surface area (Å²) in [4.78, 5) is 142. The average Bonchev–Trinajstić information content (AvgIpc) is 1.65. The van der Waals surface area contributed by atoms with Crippen LogP contribution in [0.25, 0.3) is 22.1 Å². The van der Waals surface area contributed by atoms with E-state index in [9.17, 15) is 47.9 Å². The number of hydrogen-bond acceptors (Lipinski definition) is 18. The van der Waals surface area contributed by atoms with Crippen LogP contribution in [0.4, 0.5) is 22.4 Å². The number of amides is 10. The van der Waals surface area contributed by atoms with Crippen molar-refractivity contribution in [2.45, 2.75) is 118 Å². The molecule has 0 aliphatic carbocycles. The zero-order valence-electron chi connectivity index (χ0n) is 52.9. The Morgan fingerprint density at radius 2 is 1.28 bits per heavy atom. The lowest BCUT2D eigenvalue weighted by molar-refractivity contribution is -0.139. The summed E-state index contributed by atoms with van der Waals surface area (Å²) in [5, 5.41) is 21.9. The van der Waals surface area contributed by atoms with Crippen molar-refractivity contribution in [3.05, 3.63) is 112 Å². The molecular weight excluding hydrogens is 1220 g/mol. The molecule has 9 N–H and O–H groups in total. The summed E-state index contributed by atoms with van der Waals surface area (Å²) in [6.45, 7) is 13.0. The number of aryl methyl sites for hydroxylation is 4. The second kappa shape index (κ2) is 30.0. The van der Waals surface area contributed by atoms with Crippen LogP contribution in [0.15, 0.2) is 72.8 Å². The van der Waals surface area contributed by atoms with Crippen LogP contribution in [-0.2, 0) is 61.5 Å². The van der Waals surface area contributed by atoms with E-state index in [1.54, 1.807) is 102 Å². The van der Waals surface area contributed by atoms with Gasteiger partial charge in [-0.2, -0.15) is 22.8 Å². The highest BCUT2D eigenvalue weighted by Crippen LogP contribution is 2.34. The third-order valence-corrected chi connectivity index (χ3v) is 15.5. The number of thiol groups is 1. The van der Waals surface area contributed by atoms with E-state index >= 15 is 0 Å². The topological polar surface area (TPSA) is 388 Å². The molecule has 1 aliphatic rings. The number of allylic oxidation sites excluding steroid dienone is 2. The maximum Gasteiger partial charge on any atom is 0.409 e. The molecular formula is C62H75N17O13S. The predicted molar refractivity (Wildman–Crippen MR) is 344 cm³/mol. The molecule has 0 saturated carbocycles.